The first-order valence-corrected chi connectivity index (χ1v) is 7.87. The molecular formula is C20H30O. The van der Waals surface area contributed by atoms with Crippen molar-refractivity contribution < 1.29 is 5.11 Å². The van der Waals surface area contributed by atoms with Gasteiger partial charge < -0.3 is 5.11 Å². The first-order valence-electron chi connectivity index (χ1n) is 7.87. The Balaban J connectivity index is 2.78. The van der Waals surface area contributed by atoms with Crippen LogP contribution in [0.2, 0.25) is 0 Å². The van der Waals surface area contributed by atoms with Gasteiger partial charge in [-0.3, -0.25) is 0 Å². The third kappa shape index (κ3) is 5.89. The second-order valence-electron chi connectivity index (χ2n) is 6.67. The fourth-order valence-corrected chi connectivity index (χ4v) is 2.84. The van der Waals surface area contributed by atoms with E-state index in [1.807, 2.05) is 19.1 Å². The van der Waals surface area contributed by atoms with Gasteiger partial charge in [0.2, 0.25) is 0 Å². The molecule has 0 amide bonds. The Hall–Kier alpha value is -1.34. The van der Waals surface area contributed by atoms with Crippen LogP contribution in [0.1, 0.15) is 53.9 Å². The molecule has 0 fully saturated rings. The summed E-state index contributed by atoms with van der Waals surface area (Å²) in [6, 6.07) is 0. The van der Waals surface area contributed by atoms with E-state index in [0.29, 0.717) is 5.41 Å². The summed E-state index contributed by atoms with van der Waals surface area (Å²) in [4.78, 5) is 0. The Morgan fingerprint density at radius 2 is 1.90 bits per heavy atom. The van der Waals surface area contributed by atoms with Gasteiger partial charge in [-0.05, 0) is 51.0 Å². The second-order valence-corrected chi connectivity index (χ2v) is 6.67. The summed E-state index contributed by atoms with van der Waals surface area (Å²) in [5.74, 6) is 0. The smallest absolute Gasteiger partial charge is 0.0617 e. The van der Waals surface area contributed by atoms with E-state index >= 15 is 0 Å². The maximum absolute atomic E-state index is 8.81. The summed E-state index contributed by atoms with van der Waals surface area (Å²) in [5.41, 5.74) is 5.66. The Labute approximate surface area is 130 Å². The van der Waals surface area contributed by atoms with Crippen LogP contribution in [0.15, 0.2) is 58.7 Å². The van der Waals surface area contributed by atoms with Gasteiger partial charge in [0.15, 0.2) is 0 Å². The molecule has 0 bridgehead atoms. The van der Waals surface area contributed by atoms with Gasteiger partial charge in [0, 0.05) is 0 Å². The van der Waals surface area contributed by atoms with Crippen molar-refractivity contribution >= 4 is 0 Å². The molecule has 0 aliphatic heterocycles. The second kappa shape index (κ2) is 8.19. The molecule has 1 N–H and O–H groups in total. The molecule has 0 spiro atoms. The zero-order valence-electron chi connectivity index (χ0n) is 14.2. The zero-order chi connectivity index (χ0) is 15.9. The summed E-state index contributed by atoms with van der Waals surface area (Å²) in [7, 11) is 0. The molecule has 0 heterocycles. The molecule has 0 saturated carbocycles. The maximum Gasteiger partial charge on any atom is 0.0617 e. The summed E-state index contributed by atoms with van der Waals surface area (Å²) in [6.07, 6.45) is 16.3. The lowest BCUT2D eigenvalue weighted by Crippen LogP contribution is -2.19. The van der Waals surface area contributed by atoms with Crippen molar-refractivity contribution in [2.24, 2.45) is 5.41 Å². The van der Waals surface area contributed by atoms with E-state index in [1.165, 1.54) is 36.0 Å². The van der Waals surface area contributed by atoms with Gasteiger partial charge in [0.05, 0.1) is 6.61 Å². The molecular weight excluding hydrogens is 256 g/mol. The normalized spacial score (nSPS) is 20.9. The van der Waals surface area contributed by atoms with Gasteiger partial charge in [-0.1, -0.05) is 67.0 Å². The van der Waals surface area contributed by atoms with E-state index in [4.69, 9.17) is 5.11 Å². The Bertz CT molecular complexity index is 496. The van der Waals surface area contributed by atoms with E-state index in [9.17, 15) is 0 Å². The lowest BCUT2D eigenvalue weighted by atomic mass is 9.72. The molecule has 21 heavy (non-hydrogen) atoms. The van der Waals surface area contributed by atoms with Gasteiger partial charge in [-0.25, -0.2) is 0 Å². The Morgan fingerprint density at radius 1 is 1.19 bits per heavy atom. The topological polar surface area (TPSA) is 20.2 Å². The van der Waals surface area contributed by atoms with Crippen LogP contribution in [0.3, 0.4) is 0 Å². The van der Waals surface area contributed by atoms with Crippen LogP contribution in [-0.4, -0.2) is 11.7 Å². The first kappa shape index (κ1) is 17.7. The van der Waals surface area contributed by atoms with Crippen LogP contribution in [0.25, 0.3) is 0 Å². The van der Waals surface area contributed by atoms with E-state index in [1.54, 1.807) is 6.08 Å². The molecule has 1 rings (SSSR count). The molecule has 1 nitrogen and oxygen atoms in total. The minimum absolute atomic E-state index is 0.0985. The minimum Gasteiger partial charge on any atom is -0.392 e. The van der Waals surface area contributed by atoms with Crippen molar-refractivity contribution in [3.63, 3.8) is 0 Å². The van der Waals surface area contributed by atoms with Crippen molar-refractivity contribution in [2.45, 2.75) is 53.9 Å². The van der Waals surface area contributed by atoms with E-state index < -0.39 is 0 Å². The monoisotopic (exact) mass is 286 g/mol. The SMILES string of the molecule is CC1=C(\C=C/C(C)=C/C=C/C(C)=C\CO)C(C)(C)CCC1. The van der Waals surface area contributed by atoms with Gasteiger partial charge >= 0.3 is 0 Å². The number of hydrogen-bond donors (Lipinski definition) is 1. The first-order chi connectivity index (χ1) is 9.86. The number of allylic oxidation sites excluding steroid dienone is 9. The summed E-state index contributed by atoms with van der Waals surface area (Å²) >= 11 is 0. The maximum atomic E-state index is 8.81. The van der Waals surface area contributed by atoms with Crippen LogP contribution >= 0.6 is 0 Å². The summed E-state index contributed by atoms with van der Waals surface area (Å²) < 4.78 is 0. The van der Waals surface area contributed by atoms with Gasteiger partial charge in [-0.15, -0.1) is 0 Å². The van der Waals surface area contributed by atoms with E-state index in [0.717, 1.165) is 5.57 Å². The van der Waals surface area contributed by atoms with Crippen LogP contribution in [0.5, 0.6) is 0 Å². The highest BCUT2D eigenvalue weighted by molar-refractivity contribution is 5.37. The van der Waals surface area contributed by atoms with Crippen LogP contribution < -0.4 is 0 Å². The standard InChI is InChI=1S/C20H30O/c1-16(8-6-9-17(2)13-15-21)11-12-19-18(3)10-7-14-20(19,4)5/h6,8-9,11-13,21H,7,10,14-15H2,1-5H3/b9-6+,12-11-,16-8+,17-13-. The van der Waals surface area contributed by atoms with Crippen molar-refractivity contribution in [1.29, 1.82) is 0 Å². The van der Waals surface area contributed by atoms with Crippen LogP contribution in [-0.2, 0) is 0 Å². The molecule has 1 heteroatoms. The Morgan fingerprint density at radius 3 is 2.52 bits per heavy atom. The lowest BCUT2D eigenvalue weighted by molar-refractivity contribution is 0.342. The highest BCUT2D eigenvalue weighted by Crippen LogP contribution is 2.40. The Kier molecular flexibility index (Phi) is 6.91. The average molecular weight is 286 g/mol. The molecule has 0 atom stereocenters. The van der Waals surface area contributed by atoms with E-state index in [2.05, 4.69) is 45.9 Å². The highest BCUT2D eigenvalue weighted by Gasteiger charge is 2.26. The van der Waals surface area contributed by atoms with Gasteiger partial charge in [0.25, 0.3) is 0 Å². The quantitative estimate of drug-likeness (QED) is 0.661. The molecule has 0 saturated heterocycles. The van der Waals surface area contributed by atoms with Gasteiger partial charge in [0.1, 0.15) is 0 Å². The molecule has 0 aromatic carbocycles. The molecule has 0 aromatic rings. The van der Waals surface area contributed by atoms with Gasteiger partial charge in [-0.2, -0.15) is 0 Å². The lowest BCUT2D eigenvalue weighted by Gasteiger charge is -2.32. The molecule has 0 unspecified atom stereocenters. The average Bonchev–Trinajstić information content (AvgIpc) is 2.37. The summed E-state index contributed by atoms with van der Waals surface area (Å²) in [5, 5.41) is 8.81. The van der Waals surface area contributed by atoms with Crippen molar-refractivity contribution in [1.82, 2.24) is 0 Å². The predicted molar refractivity (Wildman–Crippen MR) is 93.2 cm³/mol. The molecule has 1 aliphatic rings. The number of hydrogen-bond acceptors (Lipinski definition) is 1. The molecule has 0 radical (unpaired) electrons. The van der Waals surface area contributed by atoms with E-state index in [-0.39, 0.29) is 6.61 Å². The number of aliphatic hydroxyl groups is 1. The third-order valence-electron chi connectivity index (χ3n) is 4.19. The zero-order valence-corrected chi connectivity index (χ0v) is 14.2. The van der Waals surface area contributed by atoms with Crippen molar-refractivity contribution in [3.05, 3.63) is 58.7 Å². The number of aliphatic hydroxyl groups excluding tert-OH is 1. The minimum atomic E-state index is 0.0985. The summed E-state index contributed by atoms with van der Waals surface area (Å²) in [6.45, 7) is 11.2. The van der Waals surface area contributed by atoms with Crippen molar-refractivity contribution in [3.8, 4) is 0 Å². The van der Waals surface area contributed by atoms with Crippen molar-refractivity contribution in [2.75, 3.05) is 6.61 Å². The third-order valence-corrected chi connectivity index (χ3v) is 4.19. The fourth-order valence-electron chi connectivity index (χ4n) is 2.84. The largest absolute Gasteiger partial charge is 0.392 e. The fraction of sp³-hybridized carbons (Fsp3) is 0.500. The highest BCUT2D eigenvalue weighted by atomic mass is 16.2. The van der Waals surface area contributed by atoms with Crippen LogP contribution in [0, 0.1) is 5.41 Å². The molecule has 0 aromatic heterocycles. The number of rotatable bonds is 5. The predicted octanol–water partition coefficient (Wildman–Crippen LogP) is 5.51. The van der Waals surface area contributed by atoms with Crippen LogP contribution in [0.4, 0.5) is 0 Å². The molecule has 1 aliphatic carbocycles. The molecule has 116 valence electrons.